The van der Waals surface area contributed by atoms with E-state index in [1.807, 2.05) is 0 Å². The zero-order valence-electron chi connectivity index (χ0n) is 13.0. The topological polar surface area (TPSA) is 64.0 Å². The molecule has 22 heavy (non-hydrogen) atoms. The van der Waals surface area contributed by atoms with Gasteiger partial charge in [0, 0.05) is 19.3 Å². The van der Waals surface area contributed by atoms with E-state index >= 15 is 0 Å². The number of ketones is 1. The Morgan fingerprint density at radius 2 is 1.95 bits per heavy atom. The zero-order chi connectivity index (χ0) is 16.4. The van der Waals surface area contributed by atoms with Crippen LogP contribution in [-0.4, -0.2) is 21.5 Å². The van der Waals surface area contributed by atoms with Gasteiger partial charge in [-0.15, -0.1) is 0 Å². The van der Waals surface area contributed by atoms with E-state index in [4.69, 9.17) is 0 Å². The van der Waals surface area contributed by atoms with Gasteiger partial charge in [0.15, 0.2) is 0 Å². The molecule has 2 rings (SSSR count). The number of nitrogens with zero attached hydrogens (tertiary/aromatic N) is 2. The molecular formula is C16H18FN3O2. The molecule has 5 nitrogen and oxygen atoms in total. The quantitative estimate of drug-likeness (QED) is 0.694. The van der Waals surface area contributed by atoms with Crippen LogP contribution in [0.5, 0.6) is 0 Å². The summed E-state index contributed by atoms with van der Waals surface area (Å²) in [5.74, 6) is -1.69. The van der Waals surface area contributed by atoms with Gasteiger partial charge in [-0.1, -0.05) is 12.1 Å². The highest BCUT2D eigenvalue weighted by Crippen LogP contribution is 2.13. The minimum atomic E-state index is -0.722. The van der Waals surface area contributed by atoms with Crippen molar-refractivity contribution in [2.75, 3.05) is 0 Å². The number of hydrogen-bond acceptors (Lipinski definition) is 3. The fourth-order valence-electron chi connectivity index (χ4n) is 2.22. The second kappa shape index (κ2) is 6.09. The van der Waals surface area contributed by atoms with Crippen molar-refractivity contribution in [1.29, 1.82) is 0 Å². The van der Waals surface area contributed by atoms with E-state index in [0.29, 0.717) is 28.1 Å². The molecule has 0 radical (unpaired) electrons. The van der Waals surface area contributed by atoms with Gasteiger partial charge in [-0.05, 0) is 38.0 Å². The maximum atomic E-state index is 13.4. The first-order valence-corrected chi connectivity index (χ1v) is 6.89. The first-order valence-electron chi connectivity index (χ1n) is 6.89. The normalized spacial score (nSPS) is 10.6. The number of aryl methyl sites for hydroxylation is 3. The third-order valence-electron chi connectivity index (χ3n) is 3.63. The van der Waals surface area contributed by atoms with Gasteiger partial charge in [0.1, 0.15) is 5.82 Å². The second-order valence-corrected chi connectivity index (χ2v) is 5.26. The molecule has 0 fully saturated rings. The lowest BCUT2D eigenvalue weighted by molar-refractivity contribution is -0.117. The van der Waals surface area contributed by atoms with Gasteiger partial charge in [0.05, 0.1) is 11.3 Å². The maximum absolute atomic E-state index is 13.4. The van der Waals surface area contributed by atoms with Crippen LogP contribution in [-0.2, 0) is 18.4 Å². The summed E-state index contributed by atoms with van der Waals surface area (Å²) < 4.78 is 15.0. The first kappa shape index (κ1) is 15.9. The Balaban J connectivity index is 2.08. The van der Waals surface area contributed by atoms with Gasteiger partial charge in [-0.2, -0.15) is 5.10 Å². The molecule has 6 heteroatoms. The number of amides is 1. The molecule has 0 aliphatic heterocycles. The number of carbonyl (C=O) groups excluding carboxylic acids is 2. The molecule has 0 saturated carbocycles. The molecule has 1 aromatic heterocycles. The average molecular weight is 303 g/mol. The van der Waals surface area contributed by atoms with Crippen LogP contribution in [0.1, 0.15) is 32.9 Å². The molecular weight excluding hydrogens is 285 g/mol. The van der Waals surface area contributed by atoms with Crippen LogP contribution in [0.25, 0.3) is 0 Å². The van der Waals surface area contributed by atoms with E-state index in [1.54, 1.807) is 44.6 Å². The second-order valence-electron chi connectivity index (χ2n) is 5.26. The van der Waals surface area contributed by atoms with Gasteiger partial charge in [-0.3, -0.25) is 14.3 Å². The van der Waals surface area contributed by atoms with E-state index < -0.39 is 11.7 Å². The van der Waals surface area contributed by atoms with Crippen molar-refractivity contribution in [2.24, 2.45) is 7.05 Å². The average Bonchev–Trinajstić information content (AvgIpc) is 2.72. The molecule has 0 unspecified atom stereocenters. The smallest absolute Gasteiger partial charge is 0.292 e. The Kier molecular flexibility index (Phi) is 4.40. The number of Topliss-reactive ketones (excluding diaryl/α,β-unsaturated/α-hetero) is 1. The van der Waals surface area contributed by atoms with Gasteiger partial charge in [0.2, 0.25) is 0 Å². The van der Waals surface area contributed by atoms with Crippen LogP contribution >= 0.6 is 0 Å². The SMILES string of the molecule is Cc1ccc(CNC(=O)C(=O)c2c(C)nn(C)c2C)cc1F. The van der Waals surface area contributed by atoms with E-state index in [0.717, 1.165) is 0 Å². The maximum Gasteiger partial charge on any atom is 0.292 e. The predicted octanol–water partition coefficient (Wildman–Crippen LogP) is 1.98. The summed E-state index contributed by atoms with van der Waals surface area (Å²) in [5, 5.41) is 6.64. The molecule has 0 atom stereocenters. The molecule has 0 aliphatic rings. The Morgan fingerprint density at radius 3 is 2.50 bits per heavy atom. The van der Waals surface area contributed by atoms with Gasteiger partial charge in [-0.25, -0.2) is 4.39 Å². The summed E-state index contributed by atoms with van der Waals surface area (Å²) >= 11 is 0. The number of hydrogen-bond donors (Lipinski definition) is 1. The van der Waals surface area contributed by atoms with Crippen molar-refractivity contribution in [1.82, 2.24) is 15.1 Å². The Labute approximate surface area is 128 Å². The Hall–Kier alpha value is -2.50. The summed E-state index contributed by atoms with van der Waals surface area (Å²) in [6, 6.07) is 4.69. The predicted molar refractivity (Wildman–Crippen MR) is 80.0 cm³/mol. The lowest BCUT2D eigenvalue weighted by atomic mass is 10.1. The number of halogens is 1. The summed E-state index contributed by atoms with van der Waals surface area (Å²) in [5.41, 5.74) is 2.60. The van der Waals surface area contributed by atoms with Crippen LogP contribution in [0.3, 0.4) is 0 Å². The fraction of sp³-hybridized carbons (Fsp3) is 0.312. The summed E-state index contributed by atoms with van der Waals surface area (Å²) in [6.45, 7) is 5.17. The molecule has 0 bridgehead atoms. The number of rotatable bonds is 4. The Bertz CT molecular complexity index is 750. The van der Waals surface area contributed by atoms with Crippen LogP contribution in [0.4, 0.5) is 4.39 Å². The minimum absolute atomic E-state index is 0.0974. The molecule has 1 heterocycles. The first-order chi connectivity index (χ1) is 10.3. The molecule has 0 saturated heterocycles. The molecule has 2 aromatic rings. The molecule has 0 spiro atoms. The number of benzene rings is 1. The molecule has 1 aromatic carbocycles. The van der Waals surface area contributed by atoms with E-state index in [9.17, 15) is 14.0 Å². The molecule has 0 aliphatic carbocycles. The third-order valence-corrected chi connectivity index (χ3v) is 3.63. The highest BCUT2D eigenvalue weighted by atomic mass is 19.1. The third kappa shape index (κ3) is 3.05. The minimum Gasteiger partial charge on any atom is -0.345 e. The highest BCUT2D eigenvalue weighted by Gasteiger charge is 2.23. The standard InChI is InChI=1S/C16H18FN3O2/c1-9-5-6-12(7-13(9)17)8-18-16(22)15(21)14-10(2)19-20(4)11(14)3/h5-7H,8H2,1-4H3,(H,18,22). The number of carbonyl (C=O) groups is 2. The highest BCUT2D eigenvalue weighted by molar-refractivity contribution is 6.43. The van der Waals surface area contributed by atoms with Crippen molar-refractivity contribution in [2.45, 2.75) is 27.3 Å². The molecule has 116 valence electrons. The molecule has 1 N–H and O–H groups in total. The van der Waals surface area contributed by atoms with E-state index in [2.05, 4.69) is 10.4 Å². The molecule has 1 amide bonds. The van der Waals surface area contributed by atoms with Crippen molar-refractivity contribution < 1.29 is 14.0 Å². The fourth-order valence-corrected chi connectivity index (χ4v) is 2.22. The summed E-state index contributed by atoms with van der Waals surface area (Å²) in [4.78, 5) is 24.2. The lowest BCUT2D eigenvalue weighted by Gasteiger charge is -2.06. The number of aromatic nitrogens is 2. The van der Waals surface area contributed by atoms with Crippen LogP contribution in [0, 0.1) is 26.6 Å². The van der Waals surface area contributed by atoms with Crippen LogP contribution < -0.4 is 5.32 Å². The monoisotopic (exact) mass is 303 g/mol. The van der Waals surface area contributed by atoms with Crippen LogP contribution in [0.15, 0.2) is 18.2 Å². The van der Waals surface area contributed by atoms with E-state index in [1.165, 1.54) is 6.07 Å². The van der Waals surface area contributed by atoms with Crippen molar-refractivity contribution in [3.63, 3.8) is 0 Å². The summed E-state index contributed by atoms with van der Waals surface area (Å²) in [7, 11) is 1.71. The van der Waals surface area contributed by atoms with Crippen molar-refractivity contribution in [3.05, 3.63) is 52.1 Å². The number of nitrogens with one attached hydrogen (secondary N) is 1. The van der Waals surface area contributed by atoms with Crippen molar-refractivity contribution >= 4 is 11.7 Å². The van der Waals surface area contributed by atoms with Gasteiger partial charge < -0.3 is 5.32 Å². The van der Waals surface area contributed by atoms with Gasteiger partial charge >= 0.3 is 0 Å². The van der Waals surface area contributed by atoms with Crippen LogP contribution in [0.2, 0.25) is 0 Å². The largest absolute Gasteiger partial charge is 0.345 e. The lowest BCUT2D eigenvalue weighted by Crippen LogP contribution is -2.31. The van der Waals surface area contributed by atoms with Crippen molar-refractivity contribution in [3.8, 4) is 0 Å². The summed E-state index contributed by atoms with van der Waals surface area (Å²) in [6.07, 6.45) is 0. The van der Waals surface area contributed by atoms with E-state index in [-0.39, 0.29) is 12.4 Å². The zero-order valence-corrected chi connectivity index (χ0v) is 13.0. The van der Waals surface area contributed by atoms with Gasteiger partial charge in [0.25, 0.3) is 11.7 Å². The Morgan fingerprint density at radius 1 is 1.27 bits per heavy atom.